The summed E-state index contributed by atoms with van der Waals surface area (Å²) < 4.78 is 0. The van der Waals surface area contributed by atoms with E-state index in [1.54, 1.807) is 12.1 Å². The van der Waals surface area contributed by atoms with Crippen molar-refractivity contribution in [1.29, 1.82) is 0 Å². The fourth-order valence-corrected chi connectivity index (χ4v) is 2.70. The normalized spacial score (nSPS) is 28.1. The molecule has 2 atom stereocenters. The van der Waals surface area contributed by atoms with E-state index in [0.717, 1.165) is 18.5 Å². The molecule has 2 unspecified atom stereocenters. The number of piperidine rings is 1. The summed E-state index contributed by atoms with van der Waals surface area (Å²) in [7, 11) is 2.02. The first-order chi connectivity index (χ1) is 8.15. The van der Waals surface area contributed by atoms with Gasteiger partial charge in [-0.05, 0) is 31.2 Å². The van der Waals surface area contributed by atoms with Crippen molar-refractivity contribution in [2.75, 3.05) is 13.6 Å². The van der Waals surface area contributed by atoms with Gasteiger partial charge in [-0.1, -0.05) is 12.1 Å². The molecule has 1 N–H and O–H groups in total. The van der Waals surface area contributed by atoms with Crippen molar-refractivity contribution in [3.8, 4) is 5.75 Å². The second-order valence-electron chi connectivity index (χ2n) is 4.96. The van der Waals surface area contributed by atoms with Crippen LogP contribution in [0.3, 0.4) is 0 Å². The standard InChI is InChI=1S/C13H16N2O2/c1-14-10-6-12(14)13(17)15(8-10)7-9-2-4-11(16)5-3-9/h2-5,10,12,16H,6-8H2,1H3. The highest BCUT2D eigenvalue weighted by Gasteiger charge is 2.47. The van der Waals surface area contributed by atoms with E-state index in [1.807, 2.05) is 24.1 Å². The molecule has 3 heterocycles. The summed E-state index contributed by atoms with van der Waals surface area (Å²) in [6, 6.07) is 7.70. The second kappa shape index (κ2) is 3.74. The van der Waals surface area contributed by atoms with Crippen molar-refractivity contribution >= 4 is 5.91 Å². The summed E-state index contributed by atoms with van der Waals surface area (Å²) in [5.41, 5.74) is 1.07. The molecule has 3 aliphatic rings. The molecule has 0 spiro atoms. The molecule has 4 nitrogen and oxygen atoms in total. The van der Waals surface area contributed by atoms with Crippen molar-refractivity contribution in [1.82, 2.24) is 9.80 Å². The van der Waals surface area contributed by atoms with Gasteiger partial charge in [0.25, 0.3) is 0 Å². The molecular formula is C13H16N2O2. The lowest BCUT2D eigenvalue weighted by Gasteiger charge is -2.53. The Bertz CT molecular complexity index is 443. The van der Waals surface area contributed by atoms with Crippen LogP contribution in [-0.4, -0.2) is 46.5 Å². The molecule has 90 valence electrons. The molecular weight excluding hydrogens is 216 g/mol. The Balaban J connectivity index is 1.70. The van der Waals surface area contributed by atoms with Crippen molar-refractivity contribution < 1.29 is 9.90 Å². The van der Waals surface area contributed by atoms with Gasteiger partial charge in [-0.3, -0.25) is 9.69 Å². The first kappa shape index (κ1) is 10.6. The van der Waals surface area contributed by atoms with Gasteiger partial charge in [0.15, 0.2) is 0 Å². The number of benzene rings is 1. The number of aromatic hydroxyl groups is 1. The number of phenolic OH excluding ortho intramolecular Hbond substituents is 1. The predicted octanol–water partition coefficient (Wildman–Crippen LogP) is 0.807. The summed E-state index contributed by atoms with van der Waals surface area (Å²) in [4.78, 5) is 16.2. The maximum Gasteiger partial charge on any atom is 0.240 e. The third-order valence-electron chi connectivity index (χ3n) is 3.90. The van der Waals surface area contributed by atoms with E-state index in [0.29, 0.717) is 12.6 Å². The molecule has 2 bridgehead atoms. The zero-order valence-electron chi connectivity index (χ0n) is 9.84. The number of phenols is 1. The fraction of sp³-hybridized carbons (Fsp3) is 0.462. The van der Waals surface area contributed by atoms with Crippen molar-refractivity contribution in [2.45, 2.75) is 25.0 Å². The molecule has 1 aromatic rings. The number of carbonyl (C=O) groups excluding carboxylic acids is 1. The fourth-order valence-electron chi connectivity index (χ4n) is 2.70. The average Bonchev–Trinajstić information content (AvgIpc) is 2.33. The lowest BCUT2D eigenvalue weighted by molar-refractivity contribution is -0.157. The molecule has 0 aliphatic carbocycles. The van der Waals surface area contributed by atoms with E-state index in [2.05, 4.69) is 4.90 Å². The Morgan fingerprint density at radius 1 is 1.35 bits per heavy atom. The number of rotatable bonds is 2. The monoisotopic (exact) mass is 232 g/mol. The van der Waals surface area contributed by atoms with Gasteiger partial charge in [-0.25, -0.2) is 0 Å². The summed E-state index contributed by atoms with van der Waals surface area (Å²) in [6.07, 6.45) is 1.02. The van der Waals surface area contributed by atoms with Gasteiger partial charge in [0.05, 0.1) is 6.04 Å². The van der Waals surface area contributed by atoms with Crippen molar-refractivity contribution in [2.24, 2.45) is 0 Å². The Hall–Kier alpha value is -1.55. The molecule has 3 fully saturated rings. The van der Waals surface area contributed by atoms with E-state index in [4.69, 9.17) is 0 Å². The van der Waals surface area contributed by atoms with Crippen LogP contribution in [0.25, 0.3) is 0 Å². The van der Waals surface area contributed by atoms with Crippen LogP contribution in [0.5, 0.6) is 5.75 Å². The van der Waals surface area contributed by atoms with Gasteiger partial charge in [0.1, 0.15) is 5.75 Å². The summed E-state index contributed by atoms with van der Waals surface area (Å²) >= 11 is 0. The lowest BCUT2D eigenvalue weighted by Crippen LogP contribution is -2.69. The predicted molar refractivity (Wildman–Crippen MR) is 63.5 cm³/mol. The van der Waals surface area contributed by atoms with Gasteiger partial charge in [0.2, 0.25) is 5.91 Å². The van der Waals surface area contributed by atoms with Crippen LogP contribution in [-0.2, 0) is 11.3 Å². The quantitative estimate of drug-likeness (QED) is 0.820. The molecule has 3 saturated heterocycles. The Morgan fingerprint density at radius 3 is 2.65 bits per heavy atom. The summed E-state index contributed by atoms with van der Waals surface area (Å²) in [6.45, 7) is 1.48. The minimum atomic E-state index is 0.103. The van der Waals surface area contributed by atoms with E-state index >= 15 is 0 Å². The van der Waals surface area contributed by atoms with Crippen LogP contribution in [0, 0.1) is 0 Å². The van der Waals surface area contributed by atoms with E-state index < -0.39 is 0 Å². The van der Waals surface area contributed by atoms with E-state index in [9.17, 15) is 9.90 Å². The zero-order chi connectivity index (χ0) is 12.0. The maximum atomic E-state index is 12.1. The summed E-state index contributed by atoms with van der Waals surface area (Å²) in [5.74, 6) is 0.504. The first-order valence-corrected chi connectivity index (χ1v) is 5.94. The number of nitrogens with zero attached hydrogens (tertiary/aromatic N) is 2. The number of piperazine rings is 1. The van der Waals surface area contributed by atoms with Crippen molar-refractivity contribution in [3.05, 3.63) is 29.8 Å². The molecule has 4 rings (SSSR count). The average molecular weight is 232 g/mol. The molecule has 1 aromatic carbocycles. The van der Waals surface area contributed by atoms with Crippen molar-refractivity contribution in [3.63, 3.8) is 0 Å². The van der Waals surface area contributed by atoms with Crippen LogP contribution < -0.4 is 0 Å². The van der Waals surface area contributed by atoms with E-state index in [1.165, 1.54) is 0 Å². The number of hydrogen-bond acceptors (Lipinski definition) is 3. The van der Waals surface area contributed by atoms with Crippen LogP contribution >= 0.6 is 0 Å². The van der Waals surface area contributed by atoms with Gasteiger partial charge in [-0.2, -0.15) is 0 Å². The number of fused-ring (bicyclic) bond motifs is 2. The molecule has 17 heavy (non-hydrogen) atoms. The smallest absolute Gasteiger partial charge is 0.240 e. The highest BCUT2D eigenvalue weighted by molar-refractivity contribution is 5.84. The third-order valence-corrected chi connectivity index (χ3v) is 3.90. The molecule has 0 aromatic heterocycles. The van der Waals surface area contributed by atoms with Crippen LogP contribution in [0.1, 0.15) is 12.0 Å². The first-order valence-electron chi connectivity index (χ1n) is 5.94. The largest absolute Gasteiger partial charge is 0.508 e. The Kier molecular flexibility index (Phi) is 2.33. The van der Waals surface area contributed by atoms with Gasteiger partial charge in [0, 0.05) is 19.1 Å². The zero-order valence-corrected chi connectivity index (χ0v) is 9.84. The Labute approximate surface area is 100 Å². The van der Waals surface area contributed by atoms with Crippen LogP contribution in [0.15, 0.2) is 24.3 Å². The highest BCUT2D eigenvalue weighted by atomic mass is 16.3. The number of amides is 1. The third kappa shape index (κ3) is 1.69. The van der Waals surface area contributed by atoms with Crippen LogP contribution in [0.2, 0.25) is 0 Å². The van der Waals surface area contributed by atoms with Gasteiger partial charge in [-0.15, -0.1) is 0 Å². The molecule has 4 heteroatoms. The van der Waals surface area contributed by atoms with Gasteiger partial charge >= 0.3 is 0 Å². The molecule has 0 saturated carbocycles. The van der Waals surface area contributed by atoms with Gasteiger partial charge < -0.3 is 10.0 Å². The van der Waals surface area contributed by atoms with Crippen LogP contribution in [0.4, 0.5) is 0 Å². The molecule has 1 amide bonds. The second-order valence-corrected chi connectivity index (χ2v) is 4.96. The number of carbonyl (C=O) groups is 1. The topological polar surface area (TPSA) is 43.8 Å². The summed E-state index contributed by atoms with van der Waals surface area (Å²) in [5, 5.41) is 9.21. The molecule has 0 radical (unpaired) electrons. The Morgan fingerprint density at radius 2 is 2.06 bits per heavy atom. The molecule has 3 aliphatic heterocycles. The maximum absolute atomic E-state index is 12.1. The lowest BCUT2D eigenvalue weighted by atomic mass is 9.87. The van der Waals surface area contributed by atoms with E-state index in [-0.39, 0.29) is 17.7 Å². The number of likely N-dealkylation sites (N-methyl/N-ethyl adjacent to an activating group) is 1. The number of hydrogen-bond donors (Lipinski definition) is 1. The highest BCUT2D eigenvalue weighted by Crippen LogP contribution is 2.32. The SMILES string of the molecule is CN1C2CC1C(=O)N(Cc1ccc(O)cc1)C2. The minimum Gasteiger partial charge on any atom is -0.508 e. The minimum absolute atomic E-state index is 0.103.